The average molecular weight is 326 g/mol. The van der Waals surface area contributed by atoms with Crippen molar-refractivity contribution in [1.29, 1.82) is 0 Å². The van der Waals surface area contributed by atoms with Crippen molar-refractivity contribution in [1.82, 2.24) is 24.8 Å². The second-order valence-corrected chi connectivity index (χ2v) is 6.50. The van der Waals surface area contributed by atoms with Gasteiger partial charge in [0.15, 0.2) is 10.8 Å². The summed E-state index contributed by atoms with van der Waals surface area (Å²) in [7, 11) is 0. The predicted octanol–water partition coefficient (Wildman–Crippen LogP) is 1.69. The van der Waals surface area contributed by atoms with E-state index in [0.29, 0.717) is 29.6 Å². The number of aromatic nitrogens is 4. The van der Waals surface area contributed by atoms with Crippen LogP contribution >= 0.6 is 11.3 Å². The number of hydrogen-bond acceptors (Lipinski definition) is 7. The first-order valence-electron chi connectivity index (χ1n) is 7.29. The van der Waals surface area contributed by atoms with Crippen molar-refractivity contribution in [3.05, 3.63) is 42.1 Å². The monoisotopic (exact) mass is 326 g/mol. The third-order valence-corrected chi connectivity index (χ3v) is 4.81. The SMILES string of the molecule is Nc1nc2nc([C@@H]3CCN(C(=O)c4cnccn4)C3)ccc2s1. The average Bonchev–Trinajstić information content (AvgIpc) is 3.19. The van der Waals surface area contributed by atoms with Crippen molar-refractivity contribution < 1.29 is 4.79 Å². The molecule has 4 heterocycles. The Hall–Kier alpha value is -2.61. The minimum Gasteiger partial charge on any atom is -0.375 e. The second-order valence-electron chi connectivity index (χ2n) is 5.44. The van der Waals surface area contributed by atoms with Gasteiger partial charge in [-0.25, -0.2) is 15.0 Å². The third-order valence-electron chi connectivity index (χ3n) is 3.97. The first kappa shape index (κ1) is 14.0. The Morgan fingerprint density at radius 1 is 1.30 bits per heavy atom. The molecule has 1 fully saturated rings. The molecule has 1 saturated heterocycles. The Morgan fingerprint density at radius 2 is 2.22 bits per heavy atom. The van der Waals surface area contributed by atoms with Gasteiger partial charge in [0.25, 0.3) is 5.91 Å². The molecule has 23 heavy (non-hydrogen) atoms. The summed E-state index contributed by atoms with van der Waals surface area (Å²) < 4.78 is 0.983. The number of pyridine rings is 1. The third kappa shape index (κ3) is 2.61. The molecule has 4 rings (SSSR count). The normalized spacial score (nSPS) is 17.7. The lowest BCUT2D eigenvalue weighted by Gasteiger charge is -2.15. The topological polar surface area (TPSA) is 97.9 Å². The Bertz CT molecular complexity index is 865. The van der Waals surface area contributed by atoms with E-state index in [1.807, 2.05) is 12.1 Å². The standard InChI is InChI=1S/C15H14N6OS/c16-15-20-13-12(23-15)2-1-10(19-13)9-3-6-21(8-9)14(22)11-7-17-4-5-18-11/h1-2,4-5,7,9H,3,6,8H2,(H2,16,19,20)/t9-/m1/s1. The number of anilines is 1. The number of fused-ring (bicyclic) bond motifs is 1. The van der Waals surface area contributed by atoms with Crippen LogP contribution in [0.3, 0.4) is 0 Å². The minimum atomic E-state index is -0.0837. The number of nitrogens with zero attached hydrogens (tertiary/aromatic N) is 5. The summed E-state index contributed by atoms with van der Waals surface area (Å²) in [4.78, 5) is 31.1. The van der Waals surface area contributed by atoms with Gasteiger partial charge < -0.3 is 10.6 Å². The van der Waals surface area contributed by atoms with Crippen LogP contribution in [-0.2, 0) is 0 Å². The van der Waals surface area contributed by atoms with Crippen LogP contribution in [0.5, 0.6) is 0 Å². The highest BCUT2D eigenvalue weighted by molar-refractivity contribution is 7.21. The molecule has 1 aliphatic heterocycles. The molecular weight excluding hydrogens is 312 g/mol. The van der Waals surface area contributed by atoms with Crippen LogP contribution in [0.4, 0.5) is 5.13 Å². The summed E-state index contributed by atoms with van der Waals surface area (Å²) in [5.41, 5.74) is 7.74. The number of likely N-dealkylation sites (tertiary alicyclic amines) is 1. The quantitative estimate of drug-likeness (QED) is 0.769. The highest BCUT2D eigenvalue weighted by Crippen LogP contribution is 2.29. The number of carbonyl (C=O) groups is 1. The van der Waals surface area contributed by atoms with Crippen molar-refractivity contribution in [3.8, 4) is 0 Å². The smallest absolute Gasteiger partial charge is 0.274 e. The fourth-order valence-corrected chi connectivity index (χ4v) is 3.51. The molecule has 0 bridgehead atoms. The molecule has 3 aromatic heterocycles. The van der Waals surface area contributed by atoms with Gasteiger partial charge in [-0.1, -0.05) is 11.3 Å². The van der Waals surface area contributed by atoms with Crippen LogP contribution in [0.1, 0.15) is 28.5 Å². The maximum Gasteiger partial charge on any atom is 0.274 e. The van der Waals surface area contributed by atoms with Crippen molar-refractivity contribution in [3.63, 3.8) is 0 Å². The van der Waals surface area contributed by atoms with Crippen LogP contribution in [0.25, 0.3) is 10.3 Å². The summed E-state index contributed by atoms with van der Waals surface area (Å²) in [5.74, 6) is 0.127. The van der Waals surface area contributed by atoms with E-state index < -0.39 is 0 Å². The van der Waals surface area contributed by atoms with Gasteiger partial charge in [-0.15, -0.1) is 0 Å². The van der Waals surface area contributed by atoms with Gasteiger partial charge in [-0.05, 0) is 18.6 Å². The van der Waals surface area contributed by atoms with Crippen LogP contribution in [-0.4, -0.2) is 43.8 Å². The zero-order valence-electron chi connectivity index (χ0n) is 12.2. The van der Waals surface area contributed by atoms with Crippen molar-refractivity contribution in [2.75, 3.05) is 18.8 Å². The van der Waals surface area contributed by atoms with Gasteiger partial charge in [0.05, 0.1) is 10.9 Å². The molecule has 8 heteroatoms. The second kappa shape index (κ2) is 5.54. The van der Waals surface area contributed by atoms with E-state index in [1.165, 1.54) is 23.7 Å². The first-order chi connectivity index (χ1) is 11.2. The Morgan fingerprint density at radius 3 is 3.04 bits per heavy atom. The molecule has 1 atom stereocenters. The van der Waals surface area contributed by atoms with Crippen molar-refractivity contribution in [2.45, 2.75) is 12.3 Å². The summed E-state index contributed by atoms with van der Waals surface area (Å²) in [6, 6.07) is 4.00. The molecule has 7 nitrogen and oxygen atoms in total. The predicted molar refractivity (Wildman–Crippen MR) is 87.1 cm³/mol. The van der Waals surface area contributed by atoms with Gasteiger partial charge >= 0.3 is 0 Å². The van der Waals surface area contributed by atoms with Crippen molar-refractivity contribution >= 4 is 32.7 Å². The number of hydrogen-bond donors (Lipinski definition) is 1. The van der Waals surface area contributed by atoms with Crippen LogP contribution in [0.2, 0.25) is 0 Å². The van der Waals surface area contributed by atoms with E-state index >= 15 is 0 Å². The zero-order chi connectivity index (χ0) is 15.8. The Labute approximate surface area is 136 Å². The lowest BCUT2D eigenvalue weighted by molar-refractivity contribution is 0.0784. The molecule has 1 amide bonds. The first-order valence-corrected chi connectivity index (χ1v) is 8.10. The van der Waals surface area contributed by atoms with E-state index in [1.54, 1.807) is 11.1 Å². The van der Waals surface area contributed by atoms with Gasteiger partial charge in [-0.2, -0.15) is 0 Å². The summed E-state index contributed by atoms with van der Waals surface area (Å²) in [6.45, 7) is 1.33. The van der Waals surface area contributed by atoms with E-state index in [0.717, 1.165) is 16.8 Å². The fourth-order valence-electron chi connectivity index (χ4n) is 2.83. The Kier molecular flexibility index (Phi) is 3.38. The van der Waals surface area contributed by atoms with Gasteiger partial charge in [0, 0.05) is 37.1 Å². The molecular formula is C15H14N6OS. The summed E-state index contributed by atoms with van der Waals surface area (Å²) in [5, 5.41) is 0.524. The molecule has 0 aliphatic carbocycles. The van der Waals surface area contributed by atoms with Gasteiger partial charge in [0.1, 0.15) is 5.69 Å². The number of thiazole rings is 1. The zero-order valence-corrected chi connectivity index (χ0v) is 13.0. The number of carbonyl (C=O) groups excluding carboxylic acids is 1. The van der Waals surface area contributed by atoms with Crippen LogP contribution in [0.15, 0.2) is 30.7 Å². The maximum absolute atomic E-state index is 12.4. The van der Waals surface area contributed by atoms with E-state index in [-0.39, 0.29) is 11.8 Å². The molecule has 0 spiro atoms. The molecule has 1 aliphatic rings. The molecule has 0 aromatic carbocycles. The maximum atomic E-state index is 12.4. The molecule has 0 radical (unpaired) electrons. The number of nitrogen functional groups attached to an aromatic ring is 1. The fraction of sp³-hybridized carbons (Fsp3) is 0.267. The molecule has 3 aromatic rings. The van der Waals surface area contributed by atoms with Crippen molar-refractivity contribution in [2.24, 2.45) is 0 Å². The highest BCUT2D eigenvalue weighted by atomic mass is 32.1. The number of amides is 1. The Balaban J connectivity index is 1.54. The van der Waals surface area contributed by atoms with E-state index in [4.69, 9.17) is 5.73 Å². The van der Waals surface area contributed by atoms with Gasteiger partial charge in [0.2, 0.25) is 0 Å². The summed E-state index contributed by atoms with van der Waals surface area (Å²) >= 11 is 1.43. The summed E-state index contributed by atoms with van der Waals surface area (Å²) in [6.07, 6.45) is 5.47. The highest BCUT2D eigenvalue weighted by Gasteiger charge is 2.29. The van der Waals surface area contributed by atoms with Gasteiger partial charge in [-0.3, -0.25) is 9.78 Å². The van der Waals surface area contributed by atoms with Crippen LogP contribution in [0, 0.1) is 0 Å². The lowest BCUT2D eigenvalue weighted by atomic mass is 10.0. The minimum absolute atomic E-state index is 0.0837. The van der Waals surface area contributed by atoms with E-state index in [2.05, 4.69) is 19.9 Å². The molecule has 116 valence electrons. The molecule has 2 N–H and O–H groups in total. The number of rotatable bonds is 2. The molecule has 0 saturated carbocycles. The number of nitrogens with two attached hydrogens (primary N) is 1. The van der Waals surface area contributed by atoms with E-state index in [9.17, 15) is 4.79 Å². The van der Waals surface area contributed by atoms with Crippen LogP contribution < -0.4 is 5.73 Å². The lowest BCUT2D eigenvalue weighted by Crippen LogP contribution is -2.29. The molecule has 0 unspecified atom stereocenters. The largest absolute Gasteiger partial charge is 0.375 e.